The van der Waals surface area contributed by atoms with E-state index in [0.717, 1.165) is 11.1 Å². The molecule has 0 saturated carbocycles. The second-order valence-electron chi connectivity index (χ2n) is 4.82. The molecular weight excluding hydrogens is 300 g/mol. The van der Waals surface area contributed by atoms with E-state index in [9.17, 15) is 9.59 Å². The van der Waals surface area contributed by atoms with Crippen molar-refractivity contribution < 1.29 is 14.3 Å². The van der Waals surface area contributed by atoms with Gasteiger partial charge in [0.25, 0.3) is 0 Å². The van der Waals surface area contributed by atoms with E-state index < -0.39 is 5.97 Å². The summed E-state index contributed by atoms with van der Waals surface area (Å²) >= 11 is 6.00. The Labute approximate surface area is 134 Å². The summed E-state index contributed by atoms with van der Waals surface area (Å²) in [5.41, 5.74) is 1.91. The maximum Gasteiger partial charge on any atom is 0.336 e. The Hall–Kier alpha value is -2.39. The number of ketones is 1. The van der Waals surface area contributed by atoms with Gasteiger partial charge in [0, 0.05) is 11.1 Å². The lowest BCUT2D eigenvalue weighted by Crippen LogP contribution is -2.08. The number of Topliss-reactive ketones (excluding diaryl/α,β-unsaturated/α-hetero) is 1. The lowest BCUT2D eigenvalue weighted by molar-refractivity contribution is -0.128. The number of carbonyl (C=O) groups excluding carboxylic acids is 2. The number of ether oxygens (including phenoxy) is 1. The highest BCUT2D eigenvalue weighted by Gasteiger charge is 2.13. The minimum Gasteiger partial charge on any atom is -0.423 e. The molecule has 0 atom stereocenters. The Morgan fingerprint density at radius 2 is 1.82 bits per heavy atom. The highest BCUT2D eigenvalue weighted by Crippen LogP contribution is 2.27. The van der Waals surface area contributed by atoms with Crippen molar-refractivity contribution in [2.75, 3.05) is 0 Å². The molecule has 0 bridgehead atoms. The monoisotopic (exact) mass is 314 g/mol. The van der Waals surface area contributed by atoms with Crippen LogP contribution in [0.15, 0.2) is 48.5 Å². The molecule has 0 amide bonds. The van der Waals surface area contributed by atoms with Crippen LogP contribution in [0.2, 0.25) is 5.02 Å². The molecule has 3 nitrogen and oxygen atoms in total. The van der Waals surface area contributed by atoms with Crippen LogP contribution in [0.3, 0.4) is 0 Å². The summed E-state index contributed by atoms with van der Waals surface area (Å²) in [5.74, 6) is -0.540. The van der Waals surface area contributed by atoms with Crippen molar-refractivity contribution in [3.05, 3.63) is 70.3 Å². The van der Waals surface area contributed by atoms with Crippen LogP contribution in [-0.4, -0.2) is 11.8 Å². The van der Waals surface area contributed by atoms with E-state index >= 15 is 0 Å². The molecule has 4 heteroatoms. The van der Waals surface area contributed by atoms with Gasteiger partial charge in [0.15, 0.2) is 5.78 Å². The summed E-state index contributed by atoms with van der Waals surface area (Å²) in [6.45, 7) is 3.18. The van der Waals surface area contributed by atoms with Crippen molar-refractivity contribution >= 4 is 29.4 Å². The third-order valence-electron chi connectivity index (χ3n) is 3.06. The fraction of sp³-hybridized carbons (Fsp3) is 0.111. The van der Waals surface area contributed by atoms with Gasteiger partial charge in [0.2, 0.25) is 0 Å². The summed E-state index contributed by atoms with van der Waals surface area (Å²) in [6, 6.07) is 12.5. The van der Waals surface area contributed by atoms with Crippen molar-refractivity contribution in [1.29, 1.82) is 0 Å². The summed E-state index contributed by atoms with van der Waals surface area (Å²) in [6.07, 6.45) is 2.97. The first-order valence-corrected chi connectivity index (χ1v) is 7.11. The molecule has 0 saturated heterocycles. The van der Waals surface area contributed by atoms with Gasteiger partial charge in [-0.3, -0.25) is 4.79 Å². The van der Waals surface area contributed by atoms with Gasteiger partial charge >= 0.3 is 5.97 Å². The van der Waals surface area contributed by atoms with Crippen LogP contribution in [0, 0.1) is 6.92 Å². The van der Waals surface area contributed by atoms with Gasteiger partial charge in [0.1, 0.15) is 5.75 Å². The van der Waals surface area contributed by atoms with Gasteiger partial charge in [-0.05, 0) is 43.2 Å². The Morgan fingerprint density at radius 3 is 2.45 bits per heavy atom. The van der Waals surface area contributed by atoms with Crippen molar-refractivity contribution in [1.82, 2.24) is 0 Å². The van der Waals surface area contributed by atoms with E-state index in [0.29, 0.717) is 5.02 Å². The first-order valence-electron chi connectivity index (χ1n) is 6.73. The molecule has 0 heterocycles. The Balaban J connectivity index is 2.20. The fourth-order valence-electron chi connectivity index (χ4n) is 1.89. The van der Waals surface area contributed by atoms with Gasteiger partial charge in [-0.1, -0.05) is 41.9 Å². The molecule has 0 radical (unpaired) electrons. The van der Waals surface area contributed by atoms with Crippen LogP contribution >= 0.6 is 11.6 Å². The maximum atomic E-state index is 11.9. The van der Waals surface area contributed by atoms with Crippen LogP contribution < -0.4 is 4.74 Å². The van der Waals surface area contributed by atoms with Gasteiger partial charge in [0.05, 0.1) is 5.56 Å². The predicted octanol–water partition coefficient (Wildman–Crippen LogP) is 4.47. The molecule has 2 rings (SSSR count). The topological polar surface area (TPSA) is 43.4 Å². The van der Waals surface area contributed by atoms with Crippen molar-refractivity contribution in [3.63, 3.8) is 0 Å². The number of hydrogen-bond donors (Lipinski definition) is 0. The number of aryl methyl sites for hydroxylation is 1. The zero-order chi connectivity index (χ0) is 16.1. The predicted molar refractivity (Wildman–Crippen MR) is 87.3 cm³/mol. The molecule has 2 aromatic rings. The third-order valence-corrected chi connectivity index (χ3v) is 3.47. The first kappa shape index (κ1) is 16.0. The molecule has 0 aliphatic heterocycles. The summed E-state index contributed by atoms with van der Waals surface area (Å²) in [4.78, 5) is 23.5. The minimum atomic E-state index is -0.548. The van der Waals surface area contributed by atoms with E-state index in [1.165, 1.54) is 19.1 Å². The van der Waals surface area contributed by atoms with Crippen LogP contribution in [0.4, 0.5) is 0 Å². The van der Waals surface area contributed by atoms with Gasteiger partial charge in [-0.15, -0.1) is 0 Å². The lowest BCUT2D eigenvalue weighted by atomic mass is 10.1. The molecule has 0 aliphatic rings. The van der Waals surface area contributed by atoms with E-state index in [2.05, 4.69) is 0 Å². The van der Waals surface area contributed by atoms with E-state index in [-0.39, 0.29) is 17.1 Å². The molecule has 0 fully saturated rings. The molecule has 2 aromatic carbocycles. The maximum absolute atomic E-state index is 11.9. The first-order chi connectivity index (χ1) is 10.5. The largest absolute Gasteiger partial charge is 0.423 e. The quantitative estimate of drug-likeness (QED) is 0.362. The van der Waals surface area contributed by atoms with E-state index in [1.807, 2.05) is 30.3 Å². The average Bonchev–Trinajstić information content (AvgIpc) is 2.49. The van der Waals surface area contributed by atoms with Crippen LogP contribution in [-0.2, 0) is 4.79 Å². The van der Waals surface area contributed by atoms with Gasteiger partial charge < -0.3 is 4.74 Å². The van der Waals surface area contributed by atoms with E-state index in [1.54, 1.807) is 19.1 Å². The fourth-order valence-corrected chi connectivity index (χ4v) is 2.05. The number of benzene rings is 2. The van der Waals surface area contributed by atoms with Crippen molar-refractivity contribution in [2.45, 2.75) is 13.8 Å². The molecule has 0 spiro atoms. The Morgan fingerprint density at radius 1 is 1.14 bits per heavy atom. The standard InChI is InChI=1S/C18H15ClO3/c1-12-10-17(15(13(2)20)11-16(12)19)22-18(21)9-8-14-6-4-3-5-7-14/h3-11H,1-2H3/b9-8+. The molecule has 0 aliphatic carbocycles. The zero-order valence-corrected chi connectivity index (χ0v) is 13.1. The normalized spacial score (nSPS) is 10.7. The summed E-state index contributed by atoms with van der Waals surface area (Å²) < 4.78 is 5.26. The van der Waals surface area contributed by atoms with Gasteiger partial charge in [-0.2, -0.15) is 0 Å². The number of hydrogen-bond acceptors (Lipinski definition) is 3. The highest BCUT2D eigenvalue weighted by molar-refractivity contribution is 6.31. The second kappa shape index (κ2) is 7.05. The SMILES string of the molecule is CC(=O)c1cc(Cl)c(C)cc1OC(=O)/C=C/c1ccccc1. The van der Waals surface area contributed by atoms with Crippen molar-refractivity contribution in [3.8, 4) is 5.75 Å². The summed E-state index contributed by atoms with van der Waals surface area (Å²) in [5, 5.41) is 0.463. The lowest BCUT2D eigenvalue weighted by Gasteiger charge is -2.09. The second-order valence-corrected chi connectivity index (χ2v) is 5.23. The highest BCUT2D eigenvalue weighted by atomic mass is 35.5. The molecule has 0 unspecified atom stereocenters. The number of esters is 1. The van der Waals surface area contributed by atoms with Crippen LogP contribution in [0.25, 0.3) is 6.08 Å². The molecule has 0 aromatic heterocycles. The molecular formula is C18H15ClO3. The van der Waals surface area contributed by atoms with Gasteiger partial charge in [-0.25, -0.2) is 4.79 Å². The minimum absolute atomic E-state index is 0.211. The molecule has 22 heavy (non-hydrogen) atoms. The Bertz CT molecular complexity index is 733. The average molecular weight is 315 g/mol. The number of halogens is 1. The van der Waals surface area contributed by atoms with Crippen LogP contribution in [0.1, 0.15) is 28.4 Å². The smallest absolute Gasteiger partial charge is 0.336 e. The number of rotatable bonds is 4. The van der Waals surface area contributed by atoms with Crippen LogP contribution in [0.5, 0.6) is 5.75 Å². The number of carbonyl (C=O) groups is 2. The van der Waals surface area contributed by atoms with E-state index in [4.69, 9.17) is 16.3 Å². The Kier molecular flexibility index (Phi) is 5.12. The third kappa shape index (κ3) is 4.06. The summed E-state index contributed by atoms with van der Waals surface area (Å²) in [7, 11) is 0. The molecule has 0 N–H and O–H groups in total. The zero-order valence-electron chi connectivity index (χ0n) is 12.3. The molecule has 112 valence electrons. The van der Waals surface area contributed by atoms with Crippen molar-refractivity contribution in [2.24, 2.45) is 0 Å².